The van der Waals surface area contributed by atoms with Gasteiger partial charge in [-0.1, -0.05) is 29.8 Å². The second-order valence-corrected chi connectivity index (χ2v) is 7.03. The summed E-state index contributed by atoms with van der Waals surface area (Å²) >= 11 is 12.3. The maximum Gasteiger partial charge on any atom is 0.229 e. The Bertz CT molecular complexity index is 1120. The number of benzene rings is 1. The molecule has 0 amide bonds. The molecule has 160 valence electrons. The summed E-state index contributed by atoms with van der Waals surface area (Å²) in [6, 6.07) is 8.58. The molecule has 0 saturated carbocycles. The Kier molecular flexibility index (Phi) is 7.28. The van der Waals surface area contributed by atoms with Crippen LogP contribution in [0.4, 0.5) is 23.1 Å². The van der Waals surface area contributed by atoms with Gasteiger partial charge in [-0.15, -0.1) is 0 Å². The number of nitrogens with one attached hydrogen (secondary N) is 2. The summed E-state index contributed by atoms with van der Waals surface area (Å²) in [5, 5.41) is 6.74. The molecule has 2 heterocycles. The summed E-state index contributed by atoms with van der Waals surface area (Å²) in [5.74, 6) is 1.46. The third kappa shape index (κ3) is 5.84. The topological polar surface area (TPSA) is 98.3 Å². The van der Waals surface area contributed by atoms with E-state index in [0.29, 0.717) is 39.4 Å². The van der Waals surface area contributed by atoms with Crippen molar-refractivity contribution in [1.29, 1.82) is 0 Å². The third-order valence-corrected chi connectivity index (χ3v) is 4.61. The first-order valence-electron chi connectivity index (χ1n) is 9.02. The molecule has 31 heavy (non-hydrogen) atoms. The van der Waals surface area contributed by atoms with Gasteiger partial charge in [-0.05, 0) is 35.9 Å². The van der Waals surface area contributed by atoms with Crippen molar-refractivity contribution in [2.75, 3.05) is 24.9 Å². The third-order valence-electron chi connectivity index (χ3n) is 4.14. The minimum absolute atomic E-state index is 0.129. The number of pyridine rings is 1. The fourth-order valence-electron chi connectivity index (χ4n) is 2.65. The van der Waals surface area contributed by atoms with Crippen molar-refractivity contribution in [1.82, 2.24) is 15.0 Å². The second-order valence-electron chi connectivity index (χ2n) is 6.23. The van der Waals surface area contributed by atoms with Gasteiger partial charge in [0.2, 0.25) is 11.8 Å². The zero-order chi connectivity index (χ0) is 22.4. The van der Waals surface area contributed by atoms with Gasteiger partial charge in [-0.3, -0.25) is 4.79 Å². The van der Waals surface area contributed by atoms with Crippen molar-refractivity contribution in [2.24, 2.45) is 0 Å². The van der Waals surface area contributed by atoms with Gasteiger partial charge >= 0.3 is 0 Å². The molecule has 0 aliphatic rings. The van der Waals surface area contributed by atoms with Crippen LogP contribution in [0.2, 0.25) is 10.2 Å². The van der Waals surface area contributed by atoms with Gasteiger partial charge in [0.25, 0.3) is 0 Å². The van der Waals surface area contributed by atoms with Crippen LogP contribution in [0.5, 0.6) is 11.6 Å². The summed E-state index contributed by atoms with van der Waals surface area (Å²) in [4.78, 5) is 24.5. The zero-order valence-corrected chi connectivity index (χ0v) is 18.3. The quantitative estimate of drug-likeness (QED) is 0.341. The molecule has 8 nitrogen and oxygen atoms in total. The van der Waals surface area contributed by atoms with Crippen LogP contribution >= 0.6 is 23.2 Å². The molecule has 0 radical (unpaired) electrons. The fourth-order valence-corrected chi connectivity index (χ4v) is 2.99. The first-order valence-corrected chi connectivity index (χ1v) is 9.77. The highest BCUT2D eigenvalue weighted by atomic mass is 35.5. The Morgan fingerprint density at radius 1 is 1.13 bits per heavy atom. The van der Waals surface area contributed by atoms with E-state index >= 15 is 0 Å². The Morgan fingerprint density at radius 3 is 2.65 bits per heavy atom. The number of hydrogen-bond donors (Lipinski definition) is 2. The smallest absolute Gasteiger partial charge is 0.229 e. The molecule has 10 heteroatoms. The number of ether oxygens (including phenoxy) is 2. The van der Waals surface area contributed by atoms with Crippen molar-refractivity contribution in [3.05, 3.63) is 64.9 Å². The van der Waals surface area contributed by atoms with Gasteiger partial charge in [0.05, 0.1) is 20.4 Å². The minimum Gasteiger partial charge on any atom is -0.497 e. The first-order chi connectivity index (χ1) is 14.9. The molecule has 3 aromatic rings. The van der Waals surface area contributed by atoms with Crippen molar-refractivity contribution in [3.63, 3.8) is 0 Å². The highest BCUT2D eigenvalue weighted by molar-refractivity contribution is 6.33. The minimum atomic E-state index is -0.129. The largest absolute Gasteiger partial charge is 0.497 e. The van der Waals surface area contributed by atoms with E-state index in [4.69, 9.17) is 32.7 Å². The Hall–Kier alpha value is -3.36. The lowest BCUT2D eigenvalue weighted by atomic mass is 10.1. The molecule has 0 bridgehead atoms. The number of carbonyl (C=O) groups is 1. The van der Waals surface area contributed by atoms with Crippen LogP contribution in [-0.2, 0) is 11.2 Å². The molecular formula is C21H19Cl2N5O3. The van der Waals surface area contributed by atoms with E-state index < -0.39 is 0 Å². The van der Waals surface area contributed by atoms with Crippen molar-refractivity contribution in [3.8, 4) is 11.6 Å². The maximum atomic E-state index is 11.9. The summed E-state index contributed by atoms with van der Waals surface area (Å²) in [7, 11) is 3.05. The van der Waals surface area contributed by atoms with Crippen LogP contribution < -0.4 is 20.1 Å². The fraction of sp³-hybridized carbons (Fsp3) is 0.143. The zero-order valence-electron chi connectivity index (χ0n) is 16.8. The number of allylic oxidation sites excluding steroid dienone is 1. The molecule has 0 saturated heterocycles. The lowest BCUT2D eigenvalue weighted by molar-refractivity contribution is -0.114. The Morgan fingerprint density at radius 2 is 1.94 bits per heavy atom. The predicted molar refractivity (Wildman–Crippen MR) is 121 cm³/mol. The molecule has 0 aliphatic carbocycles. The van der Waals surface area contributed by atoms with E-state index in [0.717, 1.165) is 0 Å². The first kappa shape index (κ1) is 22.3. The lowest BCUT2D eigenvalue weighted by Gasteiger charge is -2.14. The van der Waals surface area contributed by atoms with Crippen LogP contribution in [0.1, 0.15) is 5.56 Å². The molecule has 0 unspecified atom stereocenters. The molecule has 0 aliphatic heterocycles. The molecule has 0 fully saturated rings. The Balaban J connectivity index is 1.90. The number of carbonyl (C=O) groups excluding carboxylic acids is 1. The molecular weight excluding hydrogens is 441 g/mol. The molecule has 2 aromatic heterocycles. The highest BCUT2D eigenvalue weighted by Crippen LogP contribution is 2.30. The van der Waals surface area contributed by atoms with Gasteiger partial charge < -0.3 is 20.1 Å². The molecule has 0 spiro atoms. The van der Waals surface area contributed by atoms with E-state index in [1.54, 1.807) is 37.4 Å². The average Bonchev–Trinajstić information content (AvgIpc) is 2.76. The van der Waals surface area contributed by atoms with E-state index in [1.807, 2.05) is 0 Å². The summed E-state index contributed by atoms with van der Waals surface area (Å²) in [6.07, 6.45) is 2.88. The van der Waals surface area contributed by atoms with Crippen molar-refractivity contribution in [2.45, 2.75) is 6.42 Å². The predicted octanol–water partition coefficient (Wildman–Crippen LogP) is 4.98. The number of hydrogen-bond acceptors (Lipinski definition) is 8. The van der Waals surface area contributed by atoms with E-state index in [1.165, 1.54) is 19.4 Å². The van der Waals surface area contributed by atoms with E-state index in [-0.39, 0.29) is 23.3 Å². The SMILES string of the molecule is C=CC(=O)Cc1cc(OC)ccc1Nc1nc(Nc2cc(Cl)nc(OC)c2)ncc1Cl. The Labute approximate surface area is 189 Å². The van der Waals surface area contributed by atoms with Gasteiger partial charge in [0, 0.05) is 23.9 Å². The maximum absolute atomic E-state index is 11.9. The number of nitrogens with zero attached hydrogens (tertiary/aromatic N) is 3. The number of aromatic nitrogens is 3. The van der Waals surface area contributed by atoms with Gasteiger partial charge in [0.15, 0.2) is 11.6 Å². The molecule has 0 atom stereocenters. The standard InChI is InChI=1S/C21H19Cl2N5O3/c1-4-14(29)7-12-8-15(30-2)5-6-17(12)26-20-16(22)11-24-21(28-20)25-13-9-18(23)27-19(10-13)31-3/h4-6,8-11H,1,7H2,2-3H3,(H2,24,25,26,27,28). The van der Waals surface area contributed by atoms with E-state index in [2.05, 4.69) is 32.2 Å². The van der Waals surface area contributed by atoms with Crippen LogP contribution in [-0.4, -0.2) is 35.0 Å². The van der Waals surface area contributed by atoms with Crippen LogP contribution in [0.3, 0.4) is 0 Å². The van der Waals surface area contributed by atoms with Crippen molar-refractivity contribution < 1.29 is 14.3 Å². The van der Waals surface area contributed by atoms with Gasteiger partial charge in [0.1, 0.15) is 15.9 Å². The lowest BCUT2D eigenvalue weighted by Crippen LogP contribution is -2.06. The normalized spacial score (nSPS) is 10.3. The number of ketones is 1. The summed E-state index contributed by atoms with van der Waals surface area (Å²) in [5.41, 5.74) is 1.95. The van der Waals surface area contributed by atoms with Gasteiger partial charge in [-0.2, -0.15) is 4.98 Å². The van der Waals surface area contributed by atoms with E-state index in [9.17, 15) is 4.79 Å². The number of methoxy groups -OCH3 is 2. The molecule has 3 rings (SSSR count). The second kappa shape index (κ2) is 10.1. The molecule has 2 N–H and O–H groups in total. The number of rotatable bonds is 9. The summed E-state index contributed by atoms with van der Waals surface area (Å²) in [6.45, 7) is 3.52. The van der Waals surface area contributed by atoms with Gasteiger partial charge in [-0.25, -0.2) is 9.97 Å². The number of halogens is 2. The van der Waals surface area contributed by atoms with Crippen LogP contribution in [0.15, 0.2) is 49.2 Å². The van der Waals surface area contributed by atoms with Crippen LogP contribution in [0, 0.1) is 0 Å². The van der Waals surface area contributed by atoms with Crippen molar-refractivity contribution >= 4 is 52.1 Å². The highest BCUT2D eigenvalue weighted by Gasteiger charge is 2.12. The molecule has 1 aromatic carbocycles. The number of anilines is 4. The monoisotopic (exact) mass is 459 g/mol. The van der Waals surface area contributed by atoms with Crippen LogP contribution in [0.25, 0.3) is 0 Å². The summed E-state index contributed by atoms with van der Waals surface area (Å²) < 4.78 is 10.4. The average molecular weight is 460 g/mol.